The van der Waals surface area contributed by atoms with Gasteiger partial charge in [-0.15, -0.1) is 0 Å². The van der Waals surface area contributed by atoms with Crippen LogP contribution in [-0.2, 0) is 14.3 Å². The maximum atomic E-state index is 12.3. The Morgan fingerprint density at radius 1 is 1.48 bits per heavy atom. The molecule has 2 heterocycles. The quantitative estimate of drug-likeness (QED) is 0.695. The number of aliphatic hydroxyl groups is 1. The first-order valence-corrected chi connectivity index (χ1v) is 7.35. The van der Waals surface area contributed by atoms with Gasteiger partial charge >= 0.3 is 5.97 Å². The van der Waals surface area contributed by atoms with Gasteiger partial charge in [0.25, 0.3) is 5.91 Å². The summed E-state index contributed by atoms with van der Waals surface area (Å²) in [4.78, 5) is 33.8. The lowest BCUT2D eigenvalue weighted by Crippen LogP contribution is -2.47. The Morgan fingerprint density at radius 3 is 2.87 bits per heavy atom. The highest BCUT2D eigenvalue weighted by molar-refractivity contribution is 6.02. The van der Waals surface area contributed by atoms with Crippen LogP contribution in [0, 0.1) is 6.92 Å². The minimum Gasteiger partial charge on any atom is -0.473 e. The molecule has 23 heavy (non-hydrogen) atoms. The molecule has 2 N–H and O–H groups in total. The number of anilines is 2. The molecule has 0 bridgehead atoms. The fourth-order valence-electron chi connectivity index (χ4n) is 2.17. The van der Waals surface area contributed by atoms with Gasteiger partial charge in [-0.3, -0.25) is 14.5 Å². The summed E-state index contributed by atoms with van der Waals surface area (Å²) < 4.78 is 10.5. The van der Waals surface area contributed by atoms with E-state index >= 15 is 0 Å². The minimum absolute atomic E-state index is 0.0845. The molecule has 126 valence electrons. The van der Waals surface area contributed by atoms with Crippen molar-refractivity contribution in [3.05, 3.63) is 5.82 Å². The van der Waals surface area contributed by atoms with Crippen molar-refractivity contribution in [1.29, 1.82) is 0 Å². The van der Waals surface area contributed by atoms with Crippen molar-refractivity contribution in [2.75, 3.05) is 36.5 Å². The number of hydrogen-bond acceptors (Lipinski definition) is 8. The number of carbonyl (C=O) groups excluding carboxylic acids is 2. The maximum Gasteiger partial charge on any atom is 0.326 e. The molecule has 1 amide bonds. The summed E-state index contributed by atoms with van der Waals surface area (Å²) in [5, 5.41) is 11.9. The van der Waals surface area contributed by atoms with Crippen LogP contribution in [0.25, 0.3) is 0 Å². The van der Waals surface area contributed by atoms with Gasteiger partial charge in [0.15, 0.2) is 17.7 Å². The molecule has 1 aromatic rings. The smallest absolute Gasteiger partial charge is 0.326 e. The van der Waals surface area contributed by atoms with Gasteiger partial charge in [0.1, 0.15) is 12.4 Å². The fraction of sp³-hybridized carbons (Fsp3) is 0.571. The van der Waals surface area contributed by atoms with E-state index in [9.17, 15) is 9.59 Å². The molecule has 9 heteroatoms. The zero-order valence-electron chi connectivity index (χ0n) is 13.3. The number of nitrogens with one attached hydrogen (secondary N) is 1. The fourth-order valence-corrected chi connectivity index (χ4v) is 2.17. The number of nitrogens with zero attached hydrogens (tertiary/aromatic N) is 3. The molecule has 1 unspecified atom stereocenters. The van der Waals surface area contributed by atoms with Crippen LogP contribution in [0.5, 0.6) is 5.75 Å². The number of aromatic nitrogens is 2. The monoisotopic (exact) mass is 324 g/mol. The first-order valence-electron chi connectivity index (χ1n) is 7.35. The second-order valence-electron chi connectivity index (χ2n) is 4.91. The predicted molar refractivity (Wildman–Crippen MR) is 81.4 cm³/mol. The Hall–Kier alpha value is -2.42. The number of esters is 1. The number of carbonyl (C=O) groups is 2. The number of ether oxygens (including phenoxy) is 2. The maximum absolute atomic E-state index is 12.3. The summed E-state index contributed by atoms with van der Waals surface area (Å²) in [6.07, 6.45) is -0.780. The summed E-state index contributed by atoms with van der Waals surface area (Å²) in [6, 6.07) is 0. The predicted octanol–water partition coefficient (Wildman–Crippen LogP) is -0.134. The van der Waals surface area contributed by atoms with Crippen LogP contribution in [0.4, 0.5) is 11.6 Å². The van der Waals surface area contributed by atoms with E-state index in [0.29, 0.717) is 11.6 Å². The number of aliphatic hydroxyl groups excluding tert-OH is 1. The second-order valence-corrected chi connectivity index (χ2v) is 4.91. The summed E-state index contributed by atoms with van der Waals surface area (Å²) in [5.74, 6) is 0.368. The Morgan fingerprint density at radius 2 is 2.22 bits per heavy atom. The second kappa shape index (κ2) is 7.23. The van der Waals surface area contributed by atoms with Crippen LogP contribution in [0.1, 0.15) is 19.7 Å². The average Bonchev–Trinajstić information content (AvgIpc) is 2.50. The molecular formula is C14H20N4O5. The van der Waals surface area contributed by atoms with Crippen molar-refractivity contribution in [1.82, 2.24) is 9.97 Å². The molecule has 1 aliphatic heterocycles. The van der Waals surface area contributed by atoms with Crippen LogP contribution in [0.15, 0.2) is 0 Å². The Balaban J connectivity index is 2.41. The zero-order valence-corrected chi connectivity index (χ0v) is 13.3. The van der Waals surface area contributed by atoms with Crippen LogP contribution in [0.3, 0.4) is 0 Å². The highest BCUT2D eigenvalue weighted by Crippen LogP contribution is 2.37. The van der Waals surface area contributed by atoms with Gasteiger partial charge in [0.05, 0.1) is 13.2 Å². The van der Waals surface area contributed by atoms with Gasteiger partial charge < -0.3 is 19.9 Å². The van der Waals surface area contributed by atoms with E-state index in [1.54, 1.807) is 20.8 Å². The van der Waals surface area contributed by atoms with Gasteiger partial charge in [-0.25, -0.2) is 9.97 Å². The summed E-state index contributed by atoms with van der Waals surface area (Å²) in [6.45, 7) is 5.11. The zero-order chi connectivity index (χ0) is 17.0. The first kappa shape index (κ1) is 16.9. The van der Waals surface area contributed by atoms with Crippen LogP contribution in [0.2, 0.25) is 0 Å². The molecule has 9 nitrogen and oxygen atoms in total. The molecule has 0 radical (unpaired) electrons. The standard InChI is InChI=1S/C14H20N4O5/c1-4-22-10(20)7-18-13-11(23-8(2)14(18)21)12(15-5-6-19)16-9(3)17-13/h8,19H,4-7H2,1-3H3,(H,15,16,17). The van der Waals surface area contributed by atoms with Gasteiger partial charge in [0.2, 0.25) is 5.75 Å². The summed E-state index contributed by atoms with van der Waals surface area (Å²) in [5.41, 5.74) is 0. The number of amides is 1. The third-order valence-corrected chi connectivity index (χ3v) is 3.12. The van der Waals surface area contributed by atoms with Crippen LogP contribution >= 0.6 is 0 Å². The third-order valence-electron chi connectivity index (χ3n) is 3.12. The number of hydrogen-bond donors (Lipinski definition) is 2. The number of aryl methyl sites for hydroxylation is 1. The number of fused-ring (bicyclic) bond motifs is 1. The summed E-state index contributed by atoms with van der Waals surface area (Å²) >= 11 is 0. The van der Waals surface area contributed by atoms with Crippen molar-refractivity contribution in [3.63, 3.8) is 0 Å². The molecule has 0 aliphatic carbocycles. The van der Waals surface area contributed by atoms with Crippen molar-refractivity contribution in [3.8, 4) is 5.75 Å². The van der Waals surface area contributed by atoms with Crippen molar-refractivity contribution < 1.29 is 24.2 Å². The van der Waals surface area contributed by atoms with Crippen LogP contribution < -0.4 is 15.0 Å². The van der Waals surface area contributed by atoms with Gasteiger partial charge in [-0.1, -0.05) is 0 Å². The Kier molecular flexibility index (Phi) is 5.32. The molecule has 1 aromatic heterocycles. The highest BCUT2D eigenvalue weighted by atomic mass is 16.5. The molecule has 0 fully saturated rings. The van der Waals surface area contributed by atoms with E-state index in [1.807, 2.05) is 0 Å². The van der Waals surface area contributed by atoms with Gasteiger partial charge in [-0.05, 0) is 20.8 Å². The average molecular weight is 324 g/mol. The Labute approximate surface area is 133 Å². The lowest BCUT2D eigenvalue weighted by atomic mass is 10.2. The molecule has 2 rings (SSSR count). The lowest BCUT2D eigenvalue weighted by molar-refractivity contribution is -0.143. The van der Waals surface area contributed by atoms with E-state index in [4.69, 9.17) is 14.6 Å². The SMILES string of the molecule is CCOC(=O)CN1C(=O)C(C)Oc2c(NCCO)nc(C)nc21. The van der Waals surface area contributed by atoms with Gasteiger partial charge in [0, 0.05) is 6.54 Å². The largest absolute Gasteiger partial charge is 0.473 e. The van der Waals surface area contributed by atoms with E-state index in [1.165, 1.54) is 4.90 Å². The van der Waals surface area contributed by atoms with E-state index < -0.39 is 12.1 Å². The summed E-state index contributed by atoms with van der Waals surface area (Å²) in [7, 11) is 0. The minimum atomic E-state index is -0.780. The third kappa shape index (κ3) is 3.67. The number of rotatable bonds is 6. The highest BCUT2D eigenvalue weighted by Gasteiger charge is 2.36. The first-order chi connectivity index (χ1) is 11.0. The van der Waals surface area contributed by atoms with E-state index in [2.05, 4.69) is 15.3 Å². The van der Waals surface area contributed by atoms with Crippen LogP contribution in [-0.4, -0.2) is 59.4 Å². The lowest BCUT2D eigenvalue weighted by Gasteiger charge is -2.32. The molecule has 0 aromatic carbocycles. The Bertz CT molecular complexity index is 607. The molecule has 0 saturated heterocycles. The van der Waals surface area contributed by atoms with Crippen molar-refractivity contribution in [2.24, 2.45) is 0 Å². The van der Waals surface area contributed by atoms with E-state index in [0.717, 1.165) is 0 Å². The van der Waals surface area contributed by atoms with E-state index in [-0.39, 0.29) is 43.8 Å². The molecule has 0 spiro atoms. The molecular weight excluding hydrogens is 304 g/mol. The van der Waals surface area contributed by atoms with Crippen molar-refractivity contribution in [2.45, 2.75) is 26.9 Å². The van der Waals surface area contributed by atoms with Gasteiger partial charge in [-0.2, -0.15) is 0 Å². The molecule has 0 saturated carbocycles. The van der Waals surface area contributed by atoms with Crippen molar-refractivity contribution >= 4 is 23.5 Å². The topological polar surface area (TPSA) is 114 Å². The molecule has 1 aliphatic rings. The normalized spacial score (nSPS) is 16.6. The molecule has 1 atom stereocenters.